The summed E-state index contributed by atoms with van der Waals surface area (Å²) < 4.78 is 5.64. The van der Waals surface area contributed by atoms with E-state index < -0.39 is 6.10 Å². The first-order valence-electron chi connectivity index (χ1n) is 8.71. The molecule has 0 radical (unpaired) electrons. The highest BCUT2D eigenvalue weighted by Gasteiger charge is 2.43. The number of epoxide rings is 1. The number of rotatable bonds is 11. The molecule has 118 valence electrons. The van der Waals surface area contributed by atoms with Crippen LogP contribution in [0.15, 0.2) is 30.3 Å². The summed E-state index contributed by atoms with van der Waals surface area (Å²) in [7, 11) is 0. The van der Waals surface area contributed by atoms with Crippen molar-refractivity contribution >= 4 is 0 Å². The second-order valence-corrected chi connectivity index (χ2v) is 6.26. The van der Waals surface area contributed by atoms with E-state index in [0.717, 1.165) is 12.0 Å². The van der Waals surface area contributed by atoms with E-state index >= 15 is 0 Å². The Labute approximate surface area is 129 Å². The van der Waals surface area contributed by atoms with Gasteiger partial charge in [0.05, 0.1) is 6.10 Å². The highest BCUT2D eigenvalue weighted by molar-refractivity contribution is 5.20. The maximum absolute atomic E-state index is 10.2. The second kappa shape index (κ2) is 9.22. The average molecular weight is 290 g/mol. The van der Waals surface area contributed by atoms with Crippen LogP contribution in [0.3, 0.4) is 0 Å². The van der Waals surface area contributed by atoms with Gasteiger partial charge < -0.3 is 9.84 Å². The van der Waals surface area contributed by atoms with Crippen LogP contribution in [-0.2, 0) is 4.74 Å². The maximum Gasteiger partial charge on any atom is 0.114 e. The molecule has 2 heteroatoms. The molecule has 3 atom stereocenters. The first-order chi connectivity index (χ1) is 10.3. The maximum atomic E-state index is 10.2. The number of hydrogen-bond acceptors (Lipinski definition) is 2. The van der Waals surface area contributed by atoms with Gasteiger partial charge in [0.2, 0.25) is 0 Å². The minimum Gasteiger partial charge on any atom is -0.386 e. The van der Waals surface area contributed by atoms with Gasteiger partial charge in [0.25, 0.3) is 0 Å². The first kappa shape index (κ1) is 16.5. The number of unbranched alkanes of at least 4 members (excludes halogenated alkanes) is 7. The van der Waals surface area contributed by atoms with Crippen molar-refractivity contribution in [3.05, 3.63) is 35.9 Å². The molecule has 1 unspecified atom stereocenters. The van der Waals surface area contributed by atoms with Crippen molar-refractivity contribution < 1.29 is 9.84 Å². The number of benzene rings is 1. The smallest absolute Gasteiger partial charge is 0.114 e. The van der Waals surface area contributed by atoms with Gasteiger partial charge in [-0.15, -0.1) is 0 Å². The fourth-order valence-electron chi connectivity index (χ4n) is 2.99. The normalized spacial score (nSPS) is 22.2. The van der Waals surface area contributed by atoms with E-state index in [1.165, 1.54) is 51.4 Å². The lowest BCUT2D eigenvalue weighted by molar-refractivity contribution is 0.137. The van der Waals surface area contributed by atoms with E-state index in [2.05, 4.69) is 6.92 Å². The number of aliphatic hydroxyl groups is 1. The highest BCUT2D eigenvalue weighted by atomic mass is 16.6. The van der Waals surface area contributed by atoms with Crippen LogP contribution in [0.1, 0.15) is 76.4 Å². The molecule has 0 spiro atoms. The SMILES string of the molecule is CCCCCCCCCC[C@@H]1O[C@H]1C(O)c1ccccc1. The summed E-state index contributed by atoms with van der Waals surface area (Å²) in [5.41, 5.74) is 0.973. The lowest BCUT2D eigenvalue weighted by Gasteiger charge is -2.07. The van der Waals surface area contributed by atoms with Crippen LogP contribution >= 0.6 is 0 Å². The molecule has 1 aliphatic heterocycles. The third-order valence-electron chi connectivity index (χ3n) is 4.42. The van der Waals surface area contributed by atoms with E-state index in [9.17, 15) is 5.11 Å². The summed E-state index contributed by atoms with van der Waals surface area (Å²) in [6.07, 6.45) is 11.7. The Kier molecular flexibility index (Phi) is 7.25. The van der Waals surface area contributed by atoms with Gasteiger partial charge in [0, 0.05) is 0 Å². The summed E-state index contributed by atoms with van der Waals surface area (Å²) in [4.78, 5) is 0. The van der Waals surface area contributed by atoms with Crippen LogP contribution in [-0.4, -0.2) is 17.3 Å². The highest BCUT2D eigenvalue weighted by Crippen LogP contribution is 2.37. The summed E-state index contributed by atoms with van der Waals surface area (Å²) in [5.74, 6) is 0. The van der Waals surface area contributed by atoms with Gasteiger partial charge in [-0.05, 0) is 12.0 Å². The van der Waals surface area contributed by atoms with Crippen molar-refractivity contribution in [1.29, 1.82) is 0 Å². The Hall–Kier alpha value is -0.860. The molecular formula is C19H30O2. The van der Waals surface area contributed by atoms with Crippen molar-refractivity contribution in [2.75, 3.05) is 0 Å². The van der Waals surface area contributed by atoms with Gasteiger partial charge in [-0.3, -0.25) is 0 Å². The van der Waals surface area contributed by atoms with Gasteiger partial charge in [0.1, 0.15) is 12.2 Å². The van der Waals surface area contributed by atoms with Gasteiger partial charge in [-0.1, -0.05) is 88.6 Å². The van der Waals surface area contributed by atoms with Crippen molar-refractivity contribution in [3.63, 3.8) is 0 Å². The third kappa shape index (κ3) is 5.80. The zero-order valence-corrected chi connectivity index (χ0v) is 13.3. The Bertz CT molecular complexity index is 376. The first-order valence-corrected chi connectivity index (χ1v) is 8.71. The van der Waals surface area contributed by atoms with E-state index in [4.69, 9.17) is 4.74 Å². The molecule has 2 nitrogen and oxygen atoms in total. The summed E-state index contributed by atoms with van der Waals surface area (Å²) in [5, 5.41) is 10.2. The average Bonchev–Trinajstić information content (AvgIpc) is 3.29. The molecule has 1 aliphatic rings. The molecule has 1 aromatic rings. The van der Waals surface area contributed by atoms with E-state index in [1.54, 1.807) is 0 Å². The molecule has 0 aromatic heterocycles. The fraction of sp³-hybridized carbons (Fsp3) is 0.684. The molecule has 0 aliphatic carbocycles. The van der Waals surface area contributed by atoms with E-state index in [-0.39, 0.29) is 12.2 Å². The van der Waals surface area contributed by atoms with Crippen LogP contribution < -0.4 is 0 Å². The second-order valence-electron chi connectivity index (χ2n) is 6.26. The Balaban J connectivity index is 1.50. The lowest BCUT2D eigenvalue weighted by atomic mass is 10.0. The standard InChI is InChI=1S/C19H30O2/c1-2-3-4-5-6-7-8-12-15-17-19(21-17)18(20)16-13-10-9-11-14-16/h9-11,13-14,17-20H,2-8,12,15H2,1H3/t17-,18?,19+/m0/s1. The minimum atomic E-state index is -0.453. The third-order valence-corrected chi connectivity index (χ3v) is 4.42. The zero-order chi connectivity index (χ0) is 14.9. The van der Waals surface area contributed by atoms with Crippen LogP contribution in [0, 0.1) is 0 Å². The van der Waals surface area contributed by atoms with Gasteiger partial charge >= 0.3 is 0 Å². The molecule has 0 amide bonds. The molecule has 21 heavy (non-hydrogen) atoms. The van der Waals surface area contributed by atoms with Crippen molar-refractivity contribution in [3.8, 4) is 0 Å². The van der Waals surface area contributed by atoms with Crippen molar-refractivity contribution in [2.24, 2.45) is 0 Å². The van der Waals surface area contributed by atoms with Gasteiger partial charge in [0.15, 0.2) is 0 Å². The monoisotopic (exact) mass is 290 g/mol. The molecule has 0 saturated carbocycles. The minimum absolute atomic E-state index is 0.0250. The van der Waals surface area contributed by atoms with Gasteiger partial charge in [-0.2, -0.15) is 0 Å². The Morgan fingerprint density at radius 2 is 1.57 bits per heavy atom. The molecule has 1 aromatic carbocycles. The summed E-state index contributed by atoms with van der Waals surface area (Å²) in [6.45, 7) is 2.26. The molecule has 0 bridgehead atoms. The van der Waals surface area contributed by atoms with Crippen LogP contribution in [0.4, 0.5) is 0 Å². The van der Waals surface area contributed by atoms with Crippen LogP contribution in [0.2, 0.25) is 0 Å². The van der Waals surface area contributed by atoms with E-state index in [1.807, 2.05) is 30.3 Å². The number of ether oxygens (including phenoxy) is 1. The molecule has 1 fully saturated rings. The molecular weight excluding hydrogens is 260 g/mol. The topological polar surface area (TPSA) is 32.8 Å². The Morgan fingerprint density at radius 3 is 2.24 bits per heavy atom. The molecule has 2 rings (SSSR count). The predicted molar refractivity (Wildman–Crippen MR) is 87.3 cm³/mol. The number of hydrogen-bond donors (Lipinski definition) is 1. The number of aliphatic hydroxyl groups excluding tert-OH is 1. The van der Waals surface area contributed by atoms with Gasteiger partial charge in [-0.25, -0.2) is 0 Å². The van der Waals surface area contributed by atoms with E-state index in [0.29, 0.717) is 0 Å². The van der Waals surface area contributed by atoms with Crippen molar-refractivity contribution in [1.82, 2.24) is 0 Å². The lowest BCUT2D eigenvalue weighted by Crippen LogP contribution is -2.08. The van der Waals surface area contributed by atoms with Crippen molar-refractivity contribution in [2.45, 2.75) is 83.0 Å². The van der Waals surface area contributed by atoms with Crippen LogP contribution in [0.25, 0.3) is 0 Å². The molecule has 1 saturated heterocycles. The summed E-state index contributed by atoms with van der Waals surface area (Å²) >= 11 is 0. The fourth-order valence-corrected chi connectivity index (χ4v) is 2.99. The Morgan fingerprint density at radius 1 is 0.952 bits per heavy atom. The quantitative estimate of drug-likeness (QED) is 0.458. The predicted octanol–water partition coefficient (Wildman–Crippen LogP) is 5.02. The van der Waals surface area contributed by atoms with Crippen LogP contribution in [0.5, 0.6) is 0 Å². The largest absolute Gasteiger partial charge is 0.386 e. The molecule has 1 N–H and O–H groups in total. The summed E-state index contributed by atoms with van der Waals surface area (Å²) in [6, 6.07) is 9.85. The zero-order valence-electron chi connectivity index (χ0n) is 13.3. The molecule has 1 heterocycles.